The van der Waals surface area contributed by atoms with Crippen LogP contribution in [-0.2, 0) is 19.1 Å². The van der Waals surface area contributed by atoms with Gasteiger partial charge in [0.2, 0.25) is 5.24 Å². The van der Waals surface area contributed by atoms with Crippen LogP contribution in [0, 0.1) is 50.2 Å². The van der Waals surface area contributed by atoms with E-state index in [9.17, 15) is 14.4 Å². The second-order valence-electron chi connectivity index (χ2n) is 16.5. The molecular formula is C35H53ClO4. The Bertz CT molecular complexity index is 1120. The predicted octanol–water partition coefficient (Wildman–Crippen LogP) is 8.83. The molecule has 5 rings (SSSR count). The van der Waals surface area contributed by atoms with Gasteiger partial charge in [0.25, 0.3) is 0 Å². The summed E-state index contributed by atoms with van der Waals surface area (Å²) in [6.45, 7) is 18.3. The van der Waals surface area contributed by atoms with Crippen molar-refractivity contribution in [2.24, 2.45) is 50.2 Å². The second kappa shape index (κ2) is 9.68. The maximum atomic E-state index is 14.5. The molecule has 0 aromatic carbocycles. The van der Waals surface area contributed by atoms with Gasteiger partial charge in [0.15, 0.2) is 5.78 Å². The van der Waals surface area contributed by atoms with Crippen LogP contribution in [0.5, 0.6) is 0 Å². The molecule has 5 heteroatoms. The lowest BCUT2D eigenvalue weighted by Gasteiger charge is -2.70. The molecule has 0 saturated heterocycles. The van der Waals surface area contributed by atoms with Gasteiger partial charge < -0.3 is 4.74 Å². The number of carbonyl (C=O) groups excluding carboxylic acids is 3. The first-order chi connectivity index (χ1) is 18.5. The molecule has 0 amide bonds. The average Bonchev–Trinajstić information content (AvgIpc) is 2.86. The van der Waals surface area contributed by atoms with E-state index < -0.39 is 5.41 Å². The third-order valence-electron chi connectivity index (χ3n) is 14.0. The fourth-order valence-corrected chi connectivity index (χ4v) is 11.3. The quantitative estimate of drug-likeness (QED) is 0.244. The van der Waals surface area contributed by atoms with Crippen LogP contribution in [0.4, 0.5) is 0 Å². The summed E-state index contributed by atoms with van der Waals surface area (Å²) in [5.74, 6) is 0.717. The third kappa shape index (κ3) is 4.15. The summed E-state index contributed by atoms with van der Waals surface area (Å²) in [6, 6.07) is 0. The molecule has 0 spiro atoms. The van der Waals surface area contributed by atoms with Gasteiger partial charge in [0, 0.05) is 23.2 Å². The van der Waals surface area contributed by atoms with Gasteiger partial charge >= 0.3 is 5.97 Å². The van der Waals surface area contributed by atoms with Crippen molar-refractivity contribution in [3.05, 3.63) is 11.6 Å². The van der Waals surface area contributed by atoms with E-state index in [0.29, 0.717) is 18.1 Å². The molecule has 0 aliphatic heterocycles. The first-order valence-corrected chi connectivity index (χ1v) is 16.5. The number of carbonyl (C=O) groups is 3. The molecule has 4 fully saturated rings. The summed E-state index contributed by atoms with van der Waals surface area (Å²) in [6.07, 6.45) is 12.9. The zero-order chi connectivity index (χ0) is 29.5. The van der Waals surface area contributed by atoms with Gasteiger partial charge in [-0.05, 0) is 115 Å². The van der Waals surface area contributed by atoms with E-state index in [4.69, 9.17) is 16.3 Å². The number of halogens is 1. The number of ether oxygens (including phenoxy) is 1. The van der Waals surface area contributed by atoms with Gasteiger partial charge in [-0.3, -0.25) is 14.4 Å². The van der Waals surface area contributed by atoms with Crippen molar-refractivity contribution in [1.29, 1.82) is 0 Å². The zero-order valence-electron chi connectivity index (χ0n) is 26.4. The number of hydrogen-bond acceptors (Lipinski definition) is 4. The average molecular weight is 573 g/mol. The number of hydrogen-bond donors (Lipinski definition) is 0. The van der Waals surface area contributed by atoms with Gasteiger partial charge in [0.1, 0.15) is 6.10 Å². The highest BCUT2D eigenvalue weighted by Gasteiger charge is 2.70. The Kier molecular flexibility index (Phi) is 7.33. The minimum absolute atomic E-state index is 0.0440. The Hall–Kier alpha value is -1.16. The normalized spacial score (nSPS) is 47.6. The zero-order valence-corrected chi connectivity index (χ0v) is 27.1. The summed E-state index contributed by atoms with van der Waals surface area (Å²) in [5.41, 5.74) is 0.367. The molecule has 5 aliphatic carbocycles. The molecule has 4 saturated carbocycles. The number of ketones is 1. The van der Waals surface area contributed by atoms with Crippen LogP contribution in [0.25, 0.3) is 0 Å². The minimum Gasteiger partial charge on any atom is -0.462 e. The van der Waals surface area contributed by atoms with Gasteiger partial charge in [-0.15, -0.1) is 0 Å². The summed E-state index contributed by atoms with van der Waals surface area (Å²) in [7, 11) is 0. The van der Waals surface area contributed by atoms with Crippen molar-refractivity contribution in [3.63, 3.8) is 0 Å². The van der Waals surface area contributed by atoms with Crippen LogP contribution < -0.4 is 0 Å². The van der Waals surface area contributed by atoms with Gasteiger partial charge in [-0.25, -0.2) is 0 Å². The summed E-state index contributed by atoms with van der Waals surface area (Å²) in [4.78, 5) is 39.7. The van der Waals surface area contributed by atoms with Crippen molar-refractivity contribution >= 4 is 28.6 Å². The number of esters is 1. The van der Waals surface area contributed by atoms with Crippen molar-refractivity contribution in [2.45, 2.75) is 139 Å². The van der Waals surface area contributed by atoms with Crippen molar-refractivity contribution in [3.8, 4) is 0 Å². The summed E-state index contributed by atoms with van der Waals surface area (Å²) in [5, 5.41) is -0.226. The molecule has 0 N–H and O–H groups in total. The van der Waals surface area contributed by atoms with E-state index in [-0.39, 0.29) is 56.2 Å². The van der Waals surface area contributed by atoms with E-state index in [0.717, 1.165) is 70.6 Å². The lowest BCUT2D eigenvalue weighted by Crippen LogP contribution is -2.66. The fourth-order valence-electron chi connectivity index (χ4n) is 11.1. The largest absolute Gasteiger partial charge is 0.462 e. The van der Waals surface area contributed by atoms with E-state index in [1.54, 1.807) is 0 Å². The second-order valence-corrected chi connectivity index (χ2v) is 16.8. The monoisotopic (exact) mass is 572 g/mol. The first kappa shape index (κ1) is 30.3. The number of fused-ring (bicyclic) bond motifs is 7. The Morgan fingerprint density at radius 1 is 0.950 bits per heavy atom. The summed E-state index contributed by atoms with van der Waals surface area (Å²) >= 11 is 6.18. The lowest BCUT2D eigenvalue weighted by molar-refractivity contribution is -0.211. The molecule has 2 unspecified atom stereocenters. The number of unbranched alkanes of at least 4 members (excludes halogenated alkanes) is 1. The van der Waals surface area contributed by atoms with E-state index in [1.165, 1.54) is 5.57 Å². The molecule has 0 aromatic rings. The maximum absolute atomic E-state index is 14.5. The summed E-state index contributed by atoms with van der Waals surface area (Å²) < 4.78 is 6.13. The molecule has 9 atom stereocenters. The lowest BCUT2D eigenvalue weighted by atomic mass is 9.33. The van der Waals surface area contributed by atoms with Crippen molar-refractivity contribution in [2.75, 3.05) is 0 Å². The fraction of sp³-hybridized carbons (Fsp3) is 0.857. The standard InChI is InChI=1S/C35H53ClO4/c1-9-10-11-27(38)40-26-13-14-33(6)25(30(26,2)3)12-15-35(8)28(33)24(37)20-22-23-21-32(5,29(36)39)17-16-31(23,4)18-19-34(22,35)7/h20,23,25-26,28H,9-19,21H2,1-8H3/t23-,25?,26-,28+,31+,32?,33-,34+,35+/m0/s1. The first-order valence-electron chi connectivity index (χ1n) is 16.1. The van der Waals surface area contributed by atoms with E-state index in [1.807, 2.05) is 6.92 Å². The van der Waals surface area contributed by atoms with Gasteiger partial charge in [-0.2, -0.15) is 0 Å². The maximum Gasteiger partial charge on any atom is 0.306 e. The van der Waals surface area contributed by atoms with Crippen LogP contribution >= 0.6 is 11.6 Å². The highest BCUT2D eigenvalue weighted by molar-refractivity contribution is 6.64. The van der Waals surface area contributed by atoms with E-state index >= 15 is 0 Å². The molecule has 0 bridgehead atoms. The minimum atomic E-state index is -0.522. The molecule has 224 valence electrons. The van der Waals surface area contributed by atoms with Gasteiger partial charge in [-0.1, -0.05) is 67.4 Å². The molecule has 0 heterocycles. The Labute approximate surface area is 247 Å². The number of rotatable bonds is 5. The van der Waals surface area contributed by atoms with Crippen LogP contribution in [0.15, 0.2) is 11.6 Å². The SMILES string of the molecule is CCCCC(=O)O[C@H]1CC[C@@]2(C)C(CC[C@]3(C)[C@@H]2C(=O)C=C2[C@@H]4CC(C)(C(=O)Cl)CC[C@]4(C)CC[C@]23C)C1(C)C. The molecule has 0 radical (unpaired) electrons. The smallest absolute Gasteiger partial charge is 0.306 e. The van der Waals surface area contributed by atoms with Crippen LogP contribution in [0.2, 0.25) is 0 Å². The number of allylic oxidation sites excluding steroid dienone is 2. The Morgan fingerprint density at radius 3 is 2.27 bits per heavy atom. The van der Waals surface area contributed by atoms with Crippen molar-refractivity contribution in [1.82, 2.24) is 0 Å². The molecular weight excluding hydrogens is 520 g/mol. The molecule has 5 aliphatic rings. The van der Waals surface area contributed by atoms with Gasteiger partial charge in [0.05, 0.1) is 0 Å². The van der Waals surface area contributed by atoms with E-state index in [2.05, 4.69) is 54.5 Å². The van der Waals surface area contributed by atoms with Crippen LogP contribution in [-0.4, -0.2) is 23.1 Å². The molecule has 40 heavy (non-hydrogen) atoms. The Balaban J connectivity index is 1.51. The highest BCUT2D eigenvalue weighted by Crippen LogP contribution is 2.75. The molecule has 4 nitrogen and oxygen atoms in total. The Morgan fingerprint density at radius 2 is 1.62 bits per heavy atom. The van der Waals surface area contributed by atoms with Crippen molar-refractivity contribution < 1.29 is 19.1 Å². The van der Waals surface area contributed by atoms with Crippen LogP contribution in [0.1, 0.15) is 132 Å². The highest BCUT2D eigenvalue weighted by atomic mass is 35.5. The predicted molar refractivity (Wildman–Crippen MR) is 160 cm³/mol. The molecule has 0 aromatic heterocycles. The topological polar surface area (TPSA) is 60.4 Å². The van der Waals surface area contributed by atoms with Crippen LogP contribution in [0.3, 0.4) is 0 Å². The third-order valence-corrected chi connectivity index (χ3v) is 14.5.